The van der Waals surface area contributed by atoms with Crippen molar-refractivity contribution in [2.24, 2.45) is 0 Å². The molecule has 6 nitrogen and oxygen atoms in total. The van der Waals surface area contributed by atoms with E-state index in [0.717, 1.165) is 29.2 Å². The Morgan fingerprint density at radius 2 is 1.76 bits per heavy atom. The van der Waals surface area contributed by atoms with Crippen molar-refractivity contribution < 1.29 is 32.2 Å². The molecule has 2 aromatic carbocycles. The van der Waals surface area contributed by atoms with Crippen LogP contribution in [0, 0.1) is 0 Å². The van der Waals surface area contributed by atoms with Gasteiger partial charge in [0.15, 0.2) is 11.5 Å². The molecule has 130 valence electrons. The van der Waals surface area contributed by atoms with Crippen LogP contribution < -0.4 is 19.7 Å². The van der Waals surface area contributed by atoms with Crippen molar-refractivity contribution in [1.82, 2.24) is 0 Å². The van der Waals surface area contributed by atoms with Crippen LogP contribution in [0.5, 0.6) is 11.5 Å². The van der Waals surface area contributed by atoms with Crippen LogP contribution in [0.3, 0.4) is 0 Å². The number of hydrogen-bond acceptors (Lipinski definition) is 4. The third kappa shape index (κ3) is 3.49. The van der Waals surface area contributed by atoms with Gasteiger partial charge in [-0.25, -0.2) is 9.69 Å². The molecule has 25 heavy (non-hydrogen) atoms. The Morgan fingerprint density at radius 3 is 2.40 bits per heavy atom. The molecular formula is C16H11F3N2O4. The van der Waals surface area contributed by atoms with Gasteiger partial charge in [0, 0.05) is 11.8 Å². The van der Waals surface area contributed by atoms with Gasteiger partial charge in [0.2, 0.25) is 13.2 Å². The summed E-state index contributed by atoms with van der Waals surface area (Å²) in [5, 5.41) is 2.35. The average molecular weight is 352 g/mol. The Labute approximate surface area is 139 Å². The first-order valence-corrected chi connectivity index (χ1v) is 7.01. The Kier molecular flexibility index (Phi) is 4.22. The molecule has 3 amide bonds. The molecule has 0 aliphatic carbocycles. The van der Waals surface area contributed by atoms with Crippen LogP contribution in [0.4, 0.5) is 29.3 Å². The maximum atomic E-state index is 12.5. The summed E-state index contributed by atoms with van der Waals surface area (Å²) in [4.78, 5) is 24.2. The number of nitrogens with one attached hydrogen (secondary N) is 1. The quantitative estimate of drug-likeness (QED) is 0.857. The molecule has 1 N–H and O–H groups in total. The fourth-order valence-corrected chi connectivity index (χ4v) is 2.19. The lowest BCUT2D eigenvalue weighted by Gasteiger charge is -2.17. The van der Waals surface area contributed by atoms with Crippen molar-refractivity contribution in [2.45, 2.75) is 6.18 Å². The molecule has 0 radical (unpaired) electrons. The summed E-state index contributed by atoms with van der Waals surface area (Å²) in [6, 6.07) is 7.51. The number of amides is 3. The molecule has 1 aliphatic rings. The van der Waals surface area contributed by atoms with Crippen LogP contribution in [-0.2, 0) is 11.0 Å². The van der Waals surface area contributed by atoms with Gasteiger partial charge in [-0.1, -0.05) is 0 Å². The number of carbonyl (C=O) groups is 2. The number of nitrogens with zero attached hydrogens (tertiary/aromatic N) is 1. The normalized spacial score (nSPS) is 12.6. The van der Waals surface area contributed by atoms with Crippen molar-refractivity contribution in [3.05, 3.63) is 48.0 Å². The van der Waals surface area contributed by atoms with Crippen LogP contribution >= 0.6 is 0 Å². The zero-order chi connectivity index (χ0) is 18.0. The Morgan fingerprint density at radius 1 is 1.08 bits per heavy atom. The third-order valence-corrected chi connectivity index (χ3v) is 3.42. The van der Waals surface area contributed by atoms with E-state index in [2.05, 4.69) is 5.32 Å². The number of halogens is 3. The van der Waals surface area contributed by atoms with Gasteiger partial charge in [-0.2, -0.15) is 13.2 Å². The molecule has 0 unspecified atom stereocenters. The summed E-state index contributed by atoms with van der Waals surface area (Å²) >= 11 is 0. The van der Waals surface area contributed by atoms with Crippen LogP contribution in [0.25, 0.3) is 0 Å². The van der Waals surface area contributed by atoms with Crippen molar-refractivity contribution in [1.29, 1.82) is 0 Å². The summed E-state index contributed by atoms with van der Waals surface area (Å²) < 4.78 is 47.9. The summed E-state index contributed by atoms with van der Waals surface area (Å²) in [5.74, 6) is 0.865. The summed E-state index contributed by atoms with van der Waals surface area (Å²) in [5.41, 5.74) is -0.497. The highest BCUT2D eigenvalue weighted by Crippen LogP contribution is 2.35. The zero-order valence-electron chi connectivity index (χ0n) is 12.5. The molecular weight excluding hydrogens is 341 g/mol. The lowest BCUT2D eigenvalue weighted by Crippen LogP contribution is -2.33. The van der Waals surface area contributed by atoms with Crippen LogP contribution in [0.2, 0.25) is 0 Å². The molecule has 0 spiro atoms. The SMILES string of the molecule is O=CN(C(=O)Nc1ccc(C(F)(F)F)cc1)c1ccc2c(c1)OCO2. The van der Waals surface area contributed by atoms with Gasteiger partial charge in [-0.15, -0.1) is 0 Å². The minimum atomic E-state index is -4.47. The average Bonchev–Trinajstić information content (AvgIpc) is 3.03. The maximum Gasteiger partial charge on any atom is 0.416 e. The Balaban J connectivity index is 1.75. The minimum Gasteiger partial charge on any atom is -0.454 e. The number of imide groups is 1. The third-order valence-electron chi connectivity index (χ3n) is 3.42. The highest BCUT2D eigenvalue weighted by molar-refractivity contribution is 6.12. The van der Waals surface area contributed by atoms with Gasteiger partial charge in [-0.3, -0.25) is 4.79 Å². The predicted molar refractivity (Wildman–Crippen MR) is 81.6 cm³/mol. The Bertz CT molecular complexity index is 806. The van der Waals surface area contributed by atoms with Gasteiger partial charge in [0.1, 0.15) is 0 Å². The highest BCUT2D eigenvalue weighted by atomic mass is 19.4. The lowest BCUT2D eigenvalue weighted by molar-refractivity contribution is -0.137. The van der Waals surface area contributed by atoms with Gasteiger partial charge in [-0.05, 0) is 36.4 Å². The molecule has 0 saturated carbocycles. The molecule has 1 aliphatic heterocycles. The second-order valence-corrected chi connectivity index (χ2v) is 5.02. The van der Waals surface area contributed by atoms with E-state index in [-0.39, 0.29) is 24.6 Å². The van der Waals surface area contributed by atoms with Gasteiger partial charge >= 0.3 is 12.2 Å². The fourth-order valence-electron chi connectivity index (χ4n) is 2.19. The van der Waals surface area contributed by atoms with E-state index in [1.807, 2.05) is 0 Å². The van der Waals surface area contributed by atoms with Crippen LogP contribution in [0.1, 0.15) is 5.56 Å². The standard InChI is InChI=1S/C16H11F3N2O4/c17-16(18,19)10-1-3-11(4-2-10)20-15(23)21(8-22)12-5-6-13-14(7-12)25-9-24-13/h1-8H,9H2,(H,20,23). The maximum absolute atomic E-state index is 12.5. The number of fused-ring (bicyclic) bond motifs is 1. The number of carbonyl (C=O) groups excluding carboxylic acids is 2. The number of hydrogen-bond donors (Lipinski definition) is 1. The molecule has 0 atom stereocenters. The Hall–Kier alpha value is -3.23. The topological polar surface area (TPSA) is 67.9 Å². The smallest absolute Gasteiger partial charge is 0.416 e. The first-order chi connectivity index (χ1) is 11.9. The molecule has 0 bridgehead atoms. The molecule has 9 heteroatoms. The van der Waals surface area contributed by atoms with E-state index >= 15 is 0 Å². The number of ether oxygens (including phenoxy) is 2. The van der Waals surface area contributed by atoms with Crippen molar-refractivity contribution in [2.75, 3.05) is 17.0 Å². The lowest BCUT2D eigenvalue weighted by atomic mass is 10.2. The highest BCUT2D eigenvalue weighted by Gasteiger charge is 2.30. The minimum absolute atomic E-state index is 0.0393. The predicted octanol–water partition coefficient (Wildman–Crippen LogP) is 3.63. The summed E-state index contributed by atoms with van der Waals surface area (Å²) in [6.07, 6.45) is -4.18. The van der Waals surface area contributed by atoms with E-state index in [4.69, 9.17) is 9.47 Å². The number of urea groups is 1. The van der Waals surface area contributed by atoms with Crippen LogP contribution in [-0.4, -0.2) is 19.2 Å². The molecule has 0 aromatic heterocycles. The zero-order valence-corrected chi connectivity index (χ0v) is 12.5. The van der Waals surface area contributed by atoms with E-state index in [1.165, 1.54) is 12.1 Å². The second-order valence-electron chi connectivity index (χ2n) is 5.02. The number of alkyl halides is 3. The monoisotopic (exact) mass is 352 g/mol. The molecule has 3 rings (SSSR count). The fraction of sp³-hybridized carbons (Fsp3) is 0.125. The molecule has 0 fully saturated rings. The van der Waals surface area contributed by atoms with Gasteiger partial charge in [0.25, 0.3) is 0 Å². The van der Waals surface area contributed by atoms with Crippen molar-refractivity contribution in [3.8, 4) is 11.5 Å². The molecule has 2 aromatic rings. The van der Waals surface area contributed by atoms with Crippen LogP contribution in [0.15, 0.2) is 42.5 Å². The van der Waals surface area contributed by atoms with Gasteiger partial charge < -0.3 is 14.8 Å². The van der Waals surface area contributed by atoms with E-state index in [0.29, 0.717) is 11.5 Å². The molecule has 1 heterocycles. The second kappa shape index (κ2) is 6.34. The first-order valence-electron chi connectivity index (χ1n) is 7.01. The number of rotatable bonds is 3. The number of anilines is 2. The van der Waals surface area contributed by atoms with Crippen molar-refractivity contribution in [3.63, 3.8) is 0 Å². The summed E-state index contributed by atoms with van der Waals surface area (Å²) in [6.45, 7) is 0.0393. The van der Waals surface area contributed by atoms with Gasteiger partial charge in [0.05, 0.1) is 11.3 Å². The summed E-state index contributed by atoms with van der Waals surface area (Å²) in [7, 11) is 0. The largest absolute Gasteiger partial charge is 0.454 e. The first kappa shape index (κ1) is 16.6. The number of benzene rings is 2. The van der Waals surface area contributed by atoms with E-state index in [9.17, 15) is 22.8 Å². The van der Waals surface area contributed by atoms with E-state index < -0.39 is 17.8 Å². The molecule has 0 saturated heterocycles. The van der Waals surface area contributed by atoms with E-state index in [1.54, 1.807) is 6.07 Å². The van der Waals surface area contributed by atoms with Crippen molar-refractivity contribution >= 4 is 23.8 Å².